The first-order chi connectivity index (χ1) is 10.6. The van der Waals surface area contributed by atoms with E-state index in [1.165, 1.54) is 28.7 Å². The lowest BCUT2D eigenvalue weighted by atomic mass is 10.2. The third-order valence-electron chi connectivity index (χ3n) is 2.69. The lowest BCUT2D eigenvalue weighted by molar-refractivity contribution is -0.120. The van der Waals surface area contributed by atoms with Gasteiger partial charge in [-0.1, -0.05) is 41.2 Å². The summed E-state index contributed by atoms with van der Waals surface area (Å²) in [6.07, 6.45) is 5.12. The lowest BCUT2D eigenvalue weighted by Gasteiger charge is -2.07. The zero-order chi connectivity index (χ0) is 15.9. The minimum atomic E-state index is -0.270. The van der Waals surface area contributed by atoms with Crippen molar-refractivity contribution < 1.29 is 4.79 Å². The molecule has 1 atom stereocenters. The van der Waals surface area contributed by atoms with Gasteiger partial charge in [-0.15, -0.1) is 16.6 Å². The van der Waals surface area contributed by atoms with Crippen LogP contribution >= 0.6 is 23.1 Å². The summed E-state index contributed by atoms with van der Waals surface area (Å²) in [5, 5.41) is 14.5. The molecule has 0 fully saturated rings. The molecule has 1 aromatic carbocycles. The van der Waals surface area contributed by atoms with Crippen LogP contribution in [0.1, 0.15) is 12.5 Å². The molecule has 1 unspecified atom stereocenters. The number of aromatic nitrogens is 2. The minimum absolute atomic E-state index is 0.105. The Morgan fingerprint density at radius 3 is 3.05 bits per heavy atom. The van der Waals surface area contributed by atoms with E-state index < -0.39 is 0 Å². The number of rotatable bonds is 6. The second-order valence-corrected chi connectivity index (χ2v) is 7.12. The van der Waals surface area contributed by atoms with Crippen LogP contribution in [0.3, 0.4) is 0 Å². The number of carbonyl (C=O) groups is 1. The van der Waals surface area contributed by atoms with Gasteiger partial charge in [-0.25, -0.2) is 0 Å². The third kappa shape index (κ3) is 4.76. The van der Waals surface area contributed by atoms with Gasteiger partial charge < -0.3 is 10.6 Å². The number of hydrogen-bond acceptors (Lipinski definition) is 6. The molecule has 0 spiro atoms. The van der Waals surface area contributed by atoms with Crippen LogP contribution in [-0.2, 0) is 4.79 Å². The molecule has 7 heteroatoms. The van der Waals surface area contributed by atoms with E-state index in [4.69, 9.17) is 6.42 Å². The van der Waals surface area contributed by atoms with Crippen LogP contribution in [0.5, 0.6) is 0 Å². The predicted molar refractivity (Wildman–Crippen MR) is 91.5 cm³/mol. The van der Waals surface area contributed by atoms with E-state index in [1.54, 1.807) is 0 Å². The van der Waals surface area contributed by atoms with Gasteiger partial charge in [-0.05, 0) is 31.5 Å². The van der Waals surface area contributed by atoms with Gasteiger partial charge in [0.2, 0.25) is 11.0 Å². The summed E-state index contributed by atoms with van der Waals surface area (Å²) >= 11 is 2.77. The average Bonchev–Trinajstić information content (AvgIpc) is 2.91. The number of thioether (sulfide) groups is 1. The molecule has 0 radical (unpaired) electrons. The number of aryl methyl sites for hydroxylation is 1. The molecular weight excluding hydrogens is 316 g/mol. The van der Waals surface area contributed by atoms with Crippen LogP contribution in [0.2, 0.25) is 0 Å². The smallest absolute Gasteiger partial charge is 0.234 e. The first kappa shape index (κ1) is 16.3. The fourth-order valence-electron chi connectivity index (χ4n) is 1.64. The Labute approximate surface area is 137 Å². The van der Waals surface area contributed by atoms with E-state index in [9.17, 15) is 4.79 Å². The van der Waals surface area contributed by atoms with Crippen LogP contribution < -0.4 is 10.6 Å². The Hall–Kier alpha value is -2.04. The number of amides is 1. The summed E-state index contributed by atoms with van der Waals surface area (Å²) in [6.45, 7) is 4.08. The second kappa shape index (κ2) is 7.82. The molecule has 22 heavy (non-hydrogen) atoms. The van der Waals surface area contributed by atoms with Gasteiger partial charge in [-0.3, -0.25) is 4.79 Å². The van der Waals surface area contributed by atoms with Crippen molar-refractivity contribution in [1.29, 1.82) is 0 Å². The maximum absolute atomic E-state index is 11.8. The number of hydrogen-bond donors (Lipinski definition) is 2. The van der Waals surface area contributed by atoms with Crippen LogP contribution in [0.25, 0.3) is 0 Å². The highest BCUT2D eigenvalue weighted by Gasteiger charge is 2.16. The SMILES string of the molecule is C#CCNC(=O)C(C)Sc1nnc(Nc2cccc(C)c2)s1. The summed E-state index contributed by atoms with van der Waals surface area (Å²) in [4.78, 5) is 11.8. The standard InChI is InChI=1S/C15H16N4OS2/c1-4-8-16-13(20)11(3)21-15-19-18-14(22-15)17-12-7-5-6-10(2)9-12/h1,5-7,9,11H,8H2,2-3H3,(H,16,20)(H,17,18). The summed E-state index contributed by atoms with van der Waals surface area (Å²) in [5.74, 6) is 2.27. The molecule has 0 aliphatic carbocycles. The molecular formula is C15H16N4OS2. The van der Waals surface area contributed by atoms with Crippen LogP contribution in [0.4, 0.5) is 10.8 Å². The van der Waals surface area contributed by atoms with Gasteiger partial charge in [0, 0.05) is 5.69 Å². The Balaban J connectivity index is 1.94. The first-order valence-electron chi connectivity index (χ1n) is 6.63. The van der Waals surface area contributed by atoms with Crippen molar-refractivity contribution in [3.63, 3.8) is 0 Å². The third-order valence-corrected chi connectivity index (χ3v) is 4.71. The van der Waals surface area contributed by atoms with E-state index >= 15 is 0 Å². The normalized spacial score (nSPS) is 11.5. The molecule has 0 saturated heterocycles. The molecule has 5 nitrogen and oxygen atoms in total. The van der Waals surface area contributed by atoms with Crippen molar-refractivity contribution in [2.45, 2.75) is 23.4 Å². The van der Waals surface area contributed by atoms with Crippen molar-refractivity contribution in [3.05, 3.63) is 29.8 Å². The minimum Gasteiger partial charge on any atom is -0.344 e. The fourth-order valence-corrected chi connectivity index (χ4v) is 3.58. The Morgan fingerprint density at radius 2 is 2.32 bits per heavy atom. The fraction of sp³-hybridized carbons (Fsp3) is 0.267. The van der Waals surface area contributed by atoms with Crippen molar-refractivity contribution >= 4 is 39.8 Å². The summed E-state index contributed by atoms with van der Waals surface area (Å²) in [7, 11) is 0. The number of nitrogens with zero attached hydrogens (tertiary/aromatic N) is 2. The largest absolute Gasteiger partial charge is 0.344 e. The maximum Gasteiger partial charge on any atom is 0.234 e. The zero-order valence-corrected chi connectivity index (χ0v) is 13.9. The first-order valence-corrected chi connectivity index (χ1v) is 8.33. The molecule has 1 heterocycles. The summed E-state index contributed by atoms with van der Waals surface area (Å²) < 4.78 is 0.735. The van der Waals surface area contributed by atoms with E-state index in [2.05, 4.69) is 26.8 Å². The number of carbonyl (C=O) groups excluding carboxylic acids is 1. The molecule has 0 bridgehead atoms. The summed E-state index contributed by atoms with van der Waals surface area (Å²) in [5.41, 5.74) is 2.13. The average molecular weight is 332 g/mol. The van der Waals surface area contributed by atoms with Crippen LogP contribution in [0, 0.1) is 19.3 Å². The highest BCUT2D eigenvalue weighted by Crippen LogP contribution is 2.30. The molecule has 0 saturated carbocycles. The Bertz CT molecular complexity index is 693. The number of anilines is 2. The van der Waals surface area contributed by atoms with E-state index in [-0.39, 0.29) is 17.7 Å². The molecule has 0 aliphatic rings. The zero-order valence-electron chi connectivity index (χ0n) is 12.3. The number of nitrogens with one attached hydrogen (secondary N) is 2. The Morgan fingerprint density at radius 1 is 1.50 bits per heavy atom. The summed E-state index contributed by atoms with van der Waals surface area (Å²) in [6, 6.07) is 8.01. The highest BCUT2D eigenvalue weighted by atomic mass is 32.2. The molecule has 114 valence electrons. The molecule has 2 N–H and O–H groups in total. The van der Waals surface area contributed by atoms with Gasteiger partial charge in [0.1, 0.15) is 0 Å². The van der Waals surface area contributed by atoms with E-state index in [0.29, 0.717) is 5.13 Å². The molecule has 1 aromatic heterocycles. The van der Waals surface area contributed by atoms with Crippen molar-refractivity contribution in [2.75, 3.05) is 11.9 Å². The quantitative estimate of drug-likeness (QED) is 0.629. The topological polar surface area (TPSA) is 66.9 Å². The number of benzene rings is 1. The van der Waals surface area contributed by atoms with Crippen LogP contribution in [-0.4, -0.2) is 27.9 Å². The number of terminal acetylenes is 1. The lowest BCUT2D eigenvalue weighted by Crippen LogP contribution is -2.30. The van der Waals surface area contributed by atoms with Gasteiger partial charge in [-0.2, -0.15) is 0 Å². The monoisotopic (exact) mass is 332 g/mol. The van der Waals surface area contributed by atoms with Crippen molar-refractivity contribution in [2.24, 2.45) is 0 Å². The second-order valence-electron chi connectivity index (χ2n) is 4.55. The molecule has 2 aromatic rings. The molecule has 2 rings (SSSR count). The highest BCUT2D eigenvalue weighted by molar-refractivity contribution is 8.02. The predicted octanol–water partition coefficient (Wildman–Crippen LogP) is 2.82. The molecule has 1 amide bonds. The van der Waals surface area contributed by atoms with Gasteiger partial charge in [0.05, 0.1) is 11.8 Å². The Kier molecular flexibility index (Phi) is 5.81. The van der Waals surface area contributed by atoms with Gasteiger partial charge in [0.25, 0.3) is 0 Å². The van der Waals surface area contributed by atoms with Gasteiger partial charge in [0.15, 0.2) is 4.34 Å². The van der Waals surface area contributed by atoms with Crippen molar-refractivity contribution in [3.8, 4) is 12.3 Å². The maximum atomic E-state index is 11.8. The van der Waals surface area contributed by atoms with Crippen LogP contribution in [0.15, 0.2) is 28.6 Å². The molecule has 0 aliphatic heterocycles. The van der Waals surface area contributed by atoms with E-state index in [1.807, 2.05) is 38.1 Å². The van der Waals surface area contributed by atoms with Gasteiger partial charge >= 0.3 is 0 Å². The van der Waals surface area contributed by atoms with E-state index in [0.717, 1.165) is 10.0 Å². The van der Waals surface area contributed by atoms with Crippen molar-refractivity contribution in [1.82, 2.24) is 15.5 Å².